The lowest BCUT2D eigenvalue weighted by Gasteiger charge is -1.92. The Hall–Kier alpha value is -2.06. The predicted octanol–water partition coefficient (Wildman–Crippen LogP) is 0.907. The van der Waals surface area contributed by atoms with Crippen molar-refractivity contribution in [3.63, 3.8) is 0 Å². The van der Waals surface area contributed by atoms with Gasteiger partial charge in [-0.2, -0.15) is 5.10 Å². The molecule has 6 heteroatoms. The smallest absolute Gasteiger partial charge is 0.384 e. The number of esters is 1. The number of aromatic nitrogens is 3. The van der Waals surface area contributed by atoms with Gasteiger partial charge in [0.2, 0.25) is 0 Å². The van der Waals surface area contributed by atoms with Gasteiger partial charge in [-0.05, 0) is 12.0 Å². The van der Waals surface area contributed by atoms with E-state index in [1.807, 2.05) is 0 Å². The van der Waals surface area contributed by atoms with E-state index in [2.05, 4.69) is 26.7 Å². The Balaban J connectivity index is 2.48. The first-order valence-corrected chi connectivity index (χ1v) is 4.68. The molecule has 0 atom stereocenters. The van der Waals surface area contributed by atoms with Crippen molar-refractivity contribution < 1.29 is 9.53 Å². The molecule has 80 valence electrons. The average molecular weight is 236 g/mol. The average Bonchev–Trinajstić information content (AvgIpc) is 2.68. The van der Waals surface area contributed by atoms with E-state index in [9.17, 15) is 4.79 Å². The van der Waals surface area contributed by atoms with Crippen molar-refractivity contribution in [2.75, 3.05) is 7.11 Å². The van der Waals surface area contributed by atoms with Crippen molar-refractivity contribution in [2.24, 2.45) is 0 Å². The van der Waals surface area contributed by atoms with Crippen LogP contribution in [0.1, 0.15) is 5.56 Å². The summed E-state index contributed by atoms with van der Waals surface area (Å²) in [7, 11) is 1.27. The summed E-state index contributed by atoms with van der Waals surface area (Å²) in [4.78, 5) is 14.9. The molecule has 0 aliphatic rings. The number of methoxy groups -OCH3 is 1. The lowest BCUT2D eigenvalue weighted by molar-refractivity contribution is -0.133. The molecule has 0 aliphatic heterocycles. The third-order valence-corrected chi connectivity index (χ3v) is 2.03. The molecule has 5 nitrogen and oxygen atoms in total. The van der Waals surface area contributed by atoms with Crippen molar-refractivity contribution in [1.29, 1.82) is 0 Å². The topological polar surface area (TPSA) is 56.5 Å². The van der Waals surface area contributed by atoms with Crippen LogP contribution in [0.3, 0.4) is 0 Å². The Bertz CT molecular complexity index is 609. The van der Waals surface area contributed by atoms with Gasteiger partial charge in [0.05, 0.1) is 18.9 Å². The highest BCUT2D eigenvalue weighted by Crippen LogP contribution is 2.10. The fraction of sp³-hybridized carbons (Fsp3) is 0.100. The summed E-state index contributed by atoms with van der Waals surface area (Å²) in [5.41, 5.74) is 1.02. The van der Waals surface area contributed by atoms with Gasteiger partial charge in [-0.15, -0.1) is 0 Å². The number of ether oxygens (including phenoxy) is 1. The van der Waals surface area contributed by atoms with Gasteiger partial charge in [-0.3, -0.25) is 0 Å². The molecule has 0 saturated carbocycles. The first kappa shape index (κ1) is 10.5. The van der Waals surface area contributed by atoms with E-state index in [0.717, 1.165) is 0 Å². The maximum Gasteiger partial charge on any atom is 0.384 e. The van der Waals surface area contributed by atoms with Crippen LogP contribution in [0.25, 0.3) is 5.65 Å². The normalized spacial score (nSPS) is 9.62. The van der Waals surface area contributed by atoms with E-state index >= 15 is 0 Å². The zero-order valence-electron chi connectivity index (χ0n) is 8.27. The number of carbonyl (C=O) groups is 1. The van der Waals surface area contributed by atoms with E-state index in [4.69, 9.17) is 11.6 Å². The summed E-state index contributed by atoms with van der Waals surface area (Å²) < 4.78 is 5.92. The highest BCUT2D eigenvalue weighted by Gasteiger charge is 2.03. The minimum absolute atomic E-state index is 0.342. The molecule has 0 aliphatic carbocycles. The molecule has 2 aromatic rings. The Morgan fingerprint density at radius 2 is 2.44 bits per heavy atom. The number of fused-ring (bicyclic) bond motifs is 1. The Morgan fingerprint density at radius 3 is 3.19 bits per heavy atom. The molecule has 0 aromatic carbocycles. The van der Waals surface area contributed by atoms with Crippen LogP contribution in [0.2, 0.25) is 5.15 Å². The van der Waals surface area contributed by atoms with Crippen LogP contribution in [0, 0.1) is 11.8 Å². The molecule has 0 N–H and O–H groups in total. The summed E-state index contributed by atoms with van der Waals surface area (Å²) in [6.07, 6.45) is 3.17. The maximum atomic E-state index is 10.8. The van der Waals surface area contributed by atoms with Gasteiger partial charge in [-0.25, -0.2) is 14.3 Å². The highest BCUT2D eigenvalue weighted by molar-refractivity contribution is 6.29. The Labute approximate surface area is 96.0 Å². The van der Waals surface area contributed by atoms with E-state index in [-0.39, 0.29) is 0 Å². The maximum absolute atomic E-state index is 10.8. The predicted molar refractivity (Wildman–Crippen MR) is 56.9 cm³/mol. The van der Waals surface area contributed by atoms with Crippen molar-refractivity contribution in [3.05, 3.63) is 29.2 Å². The fourth-order valence-electron chi connectivity index (χ4n) is 1.10. The van der Waals surface area contributed by atoms with Gasteiger partial charge >= 0.3 is 5.97 Å². The molecule has 16 heavy (non-hydrogen) atoms. The number of hydrogen-bond donors (Lipinski definition) is 0. The fourth-order valence-corrected chi connectivity index (χ4v) is 1.24. The van der Waals surface area contributed by atoms with Crippen molar-refractivity contribution in [1.82, 2.24) is 14.6 Å². The number of halogens is 1. The molecule has 2 aromatic heterocycles. The molecule has 0 unspecified atom stereocenters. The molecule has 0 radical (unpaired) electrons. The quantitative estimate of drug-likeness (QED) is 0.387. The highest BCUT2D eigenvalue weighted by atomic mass is 35.5. The van der Waals surface area contributed by atoms with Crippen LogP contribution in [-0.2, 0) is 9.53 Å². The van der Waals surface area contributed by atoms with Crippen LogP contribution < -0.4 is 0 Å². The van der Waals surface area contributed by atoms with Crippen LogP contribution in [0.4, 0.5) is 0 Å². The van der Waals surface area contributed by atoms with Crippen molar-refractivity contribution >= 4 is 23.2 Å². The third kappa shape index (κ3) is 1.97. The molecular formula is C10H6ClN3O2. The van der Waals surface area contributed by atoms with E-state index in [0.29, 0.717) is 16.4 Å². The summed E-state index contributed by atoms with van der Waals surface area (Å²) in [5, 5.41) is 4.35. The van der Waals surface area contributed by atoms with Crippen molar-refractivity contribution in [3.8, 4) is 11.8 Å². The number of rotatable bonds is 0. The molecule has 0 spiro atoms. The Kier molecular flexibility index (Phi) is 2.75. The molecule has 2 heterocycles. The number of hydrogen-bond acceptors (Lipinski definition) is 4. The molecule has 0 fully saturated rings. The van der Waals surface area contributed by atoms with E-state index in [1.54, 1.807) is 12.3 Å². The van der Waals surface area contributed by atoms with E-state index in [1.165, 1.54) is 17.8 Å². The van der Waals surface area contributed by atoms with Gasteiger partial charge < -0.3 is 4.74 Å². The van der Waals surface area contributed by atoms with Crippen LogP contribution >= 0.6 is 11.6 Å². The first-order valence-electron chi connectivity index (χ1n) is 4.30. The summed E-state index contributed by atoms with van der Waals surface area (Å²) in [5.74, 6) is 4.31. The van der Waals surface area contributed by atoms with Gasteiger partial charge in [0.1, 0.15) is 5.15 Å². The van der Waals surface area contributed by atoms with E-state index < -0.39 is 5.97 Å². The first-order chi connectivity index (χ1) is 7.70. The second kappa shape index (κ2) is 4.21. The third-order valence-electron chi connectivity index (χ3n) is 1.82. The number of carbonyl (C=O) groups excluding carboxylic acids is 1. The standard InChI is InChI=1S/C10H6ClN3O2/c1-16-9(15)3-2-7-6-12-14-5-4-8(11)13-10(7)14/h4-6H,1H3. The SMILES string of the molecule is COC(=O)C#Cc1cnn2ccc(Cl)nc12. The molecule has 2 rings (SSSR count). The van der Waals surface area contributed by atoms with Crippen LogP contribution in [-0.4, -0.2) is 27.7 Å². The second-order valence-corrected chi connectivity index (χ2v) is 3.21. The minimum Gasteiger partial charge on any atom is -0.459 e. The summed E-state index contributed by atoms with van der Waals surface area (Å²) in [6.45, 7) is 0. The lowest BCUT2D eigenvalue weighted by atomic mass is 10.3. The van der Waals surface area contributed by atoms with Crippen LogP contribution in [0.15, 0.2) is 18.5 Å². The molecule has 0 saturated heterocycles. The van der Waals surface area contributed by atoms with Gasteiger partial charge in [0.15, 0.2) is 5.65 Å². The number of nitrogens with zero attached hydrogens (tertiary/aromatic N) is 3. The second-order valence-electron chi connectivity index (χ2n) is 2.82. The summed E-state index contributed by atoms with van der Waals surface area (Å²) >= 11 is 5.75. The molecule has 0 bridgehead atoms. The lowest BCUT2D eigenvalue weighted by Crippen LogP contribution is -1.94. The van der Waals surface area contributed by atoms with Gasteiger partial charge in [0.25, 0.3) is 0 Å². The zero-order chi connectivity index (χ0) is 11.5. The van der Waals surface area contributed by atoms with Gasteiger partial charge in [-0.1, -0.05) is 11.6 Å². The minimum atomic E-state index is -0.610. The largest absolute Gasteiger partial charge is 0.459 e. The van der Waals surface area contributed by atoms with Gasteiger partial charge in [0, 0.05) is 12.1 Å². The Morgan fingerprint density at radius 1 is 1.62 bits per heavy atom. The van der Waals surface area contributed by atoms with Crippen LogP contribution in [0.5, 0.6) is 0 Å². The monoisotopic (exact) mass is 235 g/mol. The van der Waals surface area contributed by atoms with Crippen molar-refractivity contribution in [2.45, 2.75) is 0 Å². The molecular weight excluding hydrogens is 230 g/mol. The molecule has 0 amide bonds. The summed E-state index contributed by atoms with van der Waals surface area (Å²) in [6, 6.07) is 1.61. The zero-order valence-corrected chi connectivity index (χ0v) is 9.02.